The summed E-state index contributed by atoms with van der Waals surface area (Å²) in [6, 6.07) is 25.7. The lowest BCUT2D eigenvalue weighted by atomic mass is 10.0. The second-order valence-electron chi connectivity index (χ2n) is 8.64. The highest BCUT2D eigenvalue weighted by molar-refractivity contribution is 5.96. The van der Waals surface area contributed by atoms with Gasteiger partial charge in [-0.05, 0) is 48.2 Å². The summed E-state index contributed by atoms with van der Waals surface area (Å²) in [5, 5.41) is 4.45. The molecule has 2 aromatic heterocycles. The van der Waals surface area contributed by atoms with Gasteiger partial charge < -0.3 is 9.80 Å². The molecule has 33 heavy (non-hydrogen) atoms. The van der Waals surface area contributed by atoms with Crippen molar-refractivity contribution >= 4 is 17.3 Å². The average Bonchev–Trinajstić information content (AvgIpc) is 3.25. The summed E-state index contributed by atoms with van der Waals surface area (Å²) in [7, 11) is 0. The number of hydrogen-bond donors (Lipinski definition) is 0. The molecular weight excluding hydrogens is 412 g/mol. The van der Waals surface area contributed by atoms with E-state index in [-0.39, 0.29) is 24.4 Å². The highest BCUT2D eigenvalue weighted by Crippen LogP contribution is 2.21. The van der Waals surface area contributed by atoms with E-state index in [1.54, 1.807) is 15.5 Å². The topological polar surface area (TPSA) is 57.9 Å². The minimum Gasteiger partial charge on any atom is -0.332 e. The molecule has 2 amide bonds. The van der Waals surface area contributed by atoms with E-state index in [4.69, 9.17) is 0 Å². The van der Waals surface area contributed by atoms with Gasteiger partial charge in [-0.2, -0.15) is 5.10 Å². The second-order valence-corrected chi connectivity index (χ2v) is 8.64. The van der Waals surface area contributed by atoms with Crippen molar-refractivity contribution < 1.29 is 9.59 Å². The summed E-state index contributed by atoms with van der Waals surface area (Å²) in [5.74, 6) is -0.249. The maximum Gasteiger partial charge on any atom is 0.274 e. The van der Waals surface area contributed by atoms with E-state index in [1.165, 1.54) is 0 Å². The molecule has 0 radical (unpaired) electrons. The van der Waals surface area contributed by atoms with Gasteiger partial charge in [0.25, 0.3) is 5.91 Å². The fourth-order valence-electron chi connectivity index (χ4n) is 4.46. The Morgan fingerprint density at radius 1 is 0.970 bits per heavy atom. The number of carbonyl (C=O) groups excluding carboxylic acids is 2. The van der Waals surface area contributed by atoms with Crippen molar-refractivity contribution in [3.63, 3.8) is 0 Å². The van der Waals surface area contributed by atoms with Gasteiger partial charge in [-0.1, -0.05) is 60.7 Å². The quantitative estimate of drug-likeness (QED) is 0.477. The number of rotatable bonds is 5. The van der Waals surface area contributed by atoms with E-state index in [1.807, 2.05) is 78.7 Å². The maximum atomic E-state index is 13.3. The zero-order valence-corrected chi connectivity index (χ0v) is 18.6. The molecule has 1 saturated heterocycles. The first kappa shape index (κ1) is 20.9. The standard InChI is InChI=1S/C27H26N4O2/c1-20-12-13-31-23(14-20)16-25(28-31)27(33)29-18-24(15-21-8-4-2-5-9-21)30(26(32)19-29)17-22-10-6-3-7-11-22/h2-14,16,24H,15,17-19H2,1H3/t24-/m0/s1. The number of aromatic nitrogens is 2. The molecule has 5 rings (SSSR count). The van der Waals surface area contributed by atoms with E-state index in [9.17, 15) is 9.59 Å². The molecule has 0 bridgehead atoms. The Labute approximate surface area is 193 Å². The maximum absolute atomic E-state index is 13.3. The molecular formula is C27H26N4O2. The SMILES string of the molecule is Cc1ccn2nc(C(=O)N3CC(=O)N(Cc4ccccc4)[C@@H](Cc4ccccc4)C3)cc2c1. The van der Waals surface area contributed by atoms with Crippen molar-refractivity contribution in [3.8, 4) is 0 Å². The second kappa shape index (κ2) is 8.90. The summed E-state index contributed by atoms with van der Waals surface area (Å²) < 4.78 is 1.70. The first-order valence-electron chi connectivity index (χ1n) is 11.2. The Morgan fingerprint density at radius 3 is 2.39 bits per heavy atom. The third-order valence-corrected chi connectivity index (χ3v) is 6.15. The number of carbonyl (C=O) groups is 2. The van der Waals surface area contributed by atoms with Crippen LogP contribution in [-0.2, 0) is 17.8 Å². The van der Waals surface area contributed by atoms with Crippen LogP contribution < -0.4 is 0 Å². The predicted octanol–water partition coefficient (Wildman–Crippen LogP) is 3.74. The van der Waals surface area contributed by atoms with Gasteiger partial charge in [-0.25, -0.2) is 4.52 Å². The average molecular weight is 439 g/mol. The first-order chi connectivity index (χ1) is 16.1. The Kier molecular flexibility index (Phi) is 5.65. The van der Waals surface area contributed by atoms with E-state index < -0.39 is 0 Å². The molecule has 6 heteroatoms. The van der Waals surface area contributed by atoms with Gasteiger partial charge in [0, 0.05) is 19.3 Å². The van der Waals surface area contributed by atoms with Crippen LogP contribution in [0.1, 0.15) is 27.2 Å². The first-order valence-corrected chi connectivity index (χ1v) is 11.2. The predicted molar refractivity (Wildman–Crippen MR) is 127 cm³/mol. The van der Waals surface area contributed by atoms with Gasteiger partial charge in [0.15, 0.2) is 5.69 Å². The number of fused-ring (bicyclic) bond motifs is 1. The van der Waals surface area contributed by atoms with Crippen LogP contribution in [0.3, 0.4) is 0 Å². The van der Waals surface area contributed by atoms with Crippen molar-refractivity contribution in [2.24, 2.45) is 0 Å². The zero-order valence-electron chi connectivity index (χ0n) is 18.6. The number of pyridine rings is 1. The third-order valence-electron chi connectivity index (χ3n) is 6.15. The lowest BCUT2D eigenvalue weighted by Crippen LogP contribution is -2.58. The van der Waals surface area contributed by atoms with Crippen LogP contribution in [0.15, 0.2) is 85.1 Å². The minimum absolute atomic E-state index is 0.0426. The minimum atomic E-state index is -0.206. The largest absolute Gasteiger partial charge is 0.332 e. The van der Waals surface area contributed by atoms with Crippen molar-refractivity contribution in [2.75, 3.05) is 13.1 Å². The summed E-state index contributed by atoms with van der Waals surface area (Å²) in [5.41, 5.74) is 4.57. The zero-order chi connectivity index (χ0) is 22.8. The lowest BCUT2D eigenvalue weighted by molar-refractivity contribution is -0.139. The number of amides is 2. The third kappa shape index (κ3) is 4.51. The van der Waals surface area contributed by atoms with Crippen LogP contribution in [0.2, 0.25) is 0 Å². The lowest BCUT2D eigenvalue weighted by Gasteiger charge is -2.41. The van der Waals surface area contributed by atoms with Crippen LogP contribution in [0.5, 0.6) is 0 Å². The number of nitrogens with zero attached hydrogens (tertiary/aromatic N) is 4. The van der Waals surface area contributed by atoms with E-state index in [0.29, 0.717) is 25.2 Å². The molecule has 0 unspecified atom stereocenters. The van der Waals surface area contributed by atoms with E-state index in [0.717, 1.165) is 22.2 Å². The molecule has 4 aromatic rings. The molecule has 0 saturated carbocycles. The molecule has 1 aliphatic rings. The Morgan fingerprint density at radius 2 is 1.67 bits per heavy atom. The van der Waals surface area contributed by atoms with Gasteiger partial charge in [0.1, 0.15) is 6.54 Å². The van der Waals surface area contributed by atoms with Gasteiger partial charge in [-0.3, -0.25) is 9.59 Å². The molecule has 0 spiro atoms. The Bertz CT molecular complexity index is 1280. The molecule has 1 aliphatic heterocycles. The number of benzene rings is 2. The van der Waals surface area contributed by atoms with Crippen LogP contribution in [-0.4, -0.2) is 50.4 Å². The molecule has 1 fully saturated rings. The summed E-state index contributed by atoms with van der Waals surface area (Å²) in [4.78, 5) is 30.2. The fraction of sp³-hybridized carbons (Fsp3) is 0.222. The van der Waals surface area contributed by atoms with Crippen LogP contribution in [0.25, 0.3) is 5.52 Å². The Hall–Kier alpha value is -3.93. The number of piperazine rings is 1. The van der Waals surface area contributed by atoms with Crippen LogP contribution >= 0.6 is 0 Å². The molecule has 0 N–H and O–H groups in total. The number of hydrogen-bond acceptors (Lipinski definition) is 3. The number of aryl methyl sites for hydroxylation is 1. The highest BCUT2D eigenvalue weighted by atomic mass is 16.2. The van der Waals surface area contributed by atoms with Gasteiger partial charge in [-0.15, -0.1) is 0 Å². The van der Waals surface area contributed by atoms with Crippen molar-refractivity contribution in [1.29, 1.82) is 0 Å². The van der Waals surface area contributed by atoms with Crippen molar-refractivity contribution in [3.05, 3.63) is 107 Å². The molecule has 0 aliphatic carbocycles. The Balaban J connectivity index is 1.41. The molecule has 3 heterocycles. The molecule has 2 aromatic carbocycles. The molecule has 166 valence electrons. The van der Waals surface area contributed by atoms with Crippen molar-refractivity contribution in [1.82, 2.24) is 19.4 Å². The van der Waals surface area contributed by atoms with Gasteiger partial charge >= 0.3 is 0 Å². The monoisotopic (exact) mass is 438 g/mol. The molecule has 1 atom stereocenters. The summed E-state index contributed by atoms with van der Waals surface area (Å²) >= 11 is 0. The van der Waals surface area contributed by atoms with Crippen LogP contribution in [0.4, 0.5) is 0 Å². The molecule has 6 nitrogen and oxygen atoms in total. The normalized spacial score (nSPS) is 16.4. The van der Waals surface area contributed by atoms with Gasteiger partial charge in [0.2, 0.25) is 5.91 Å². The smallest absolute Gasteiger partial charge is 0.274 e. The van der Waals surface area contributed by atoms with Crippen LogP contribution in [0, 0.1) is 6.92 Å². The van der Waals surface area contributed by atoms with E-state index >= 15 is 0 Å². The fourth-order valence-corrected chi connectivity index (χ4v) is 4.46. The van der Waals surface area contributed by atoms with Gasteiger partial charge in [0.05, 0.1) is 11.6 Å². The van der Waals surface area contributed by atoms with Crippen molar-refractivity contribution in [2.45, 2.75) is 25.9 Å². The summed E-state index contributed by atoms with van der Waals surface area (Å²) in [6.45, 7) is 3.07. The highest BCUT2D eigenvalue weighted by Gasteiger charge is 2.35. The summed E-state index contributed by atoms with van der Waals surface area (Å²) in [6.07, 6.45) is 2.54. The van der Waals surface area contributed by atoms with E-state index in [2.05, 4.69) is 17.2 Å².